The van der Waals surface area contributed by atoms with Gasteiger partial charge in [-0.2, -0.15) is 24.5 Å². The van der Waals surface area contributed by atoms with Gasteiger partial charge in [-0.1, -0.05) is 12.1 Å². The van der Waals surface area contributed by atoms with Crippen LogP contribution in [0.25, 0.3) is 0 Å². The monoisotopic (exact) mass is 489 g/mol. The van der Waals surface area contributed by atoms with E-state index in [9.17, 15) is 22.8 Å². The number of thiophene rings is 1. The fraction of sp³-hybridized carbons (Fsp3) is 0.292. The number of benzene rings is 1. The predicted molar refractivity (Wildman–Crippen MR) is 122 cm³/mol. The lowest BCUT2D eigenvalue weighted by Gasteiger charge is -2.32. The van der Waals surface area contributed by atoms with Gasteiger partial charge in [-0.05, 0) is 42.1 Å². The maximum Gasteiger partial charge on any atom is 0.433 e. The molecule has 1 saturated heterocycles. The third kappa shape index (κ3) is 5.56. The second-order valence-corrected chi connectivity index (χ2v) is 8.74. The van der Waals surface area contributed by atoms with Gasteiger partial charge in [0.25, 0.3) is 11.8 Å². The highest BCUT2D eigenvalue weighted by atomic mass is 32.1. The third-order valence-electron chi connectivity index (χ3n) is 5.51. The van der Waals surface area contributed by atoms with E-state index in [0.717, 1.165) is 17.7 Å². The summed E-state index contributed by atoms with van der Waals surface area (Å²) < 4.78 is 44.8. The number of carbonyl (C=O) groups excluding carboxylic acids is 2. The van der Waals surface area contributed by atoms with Crippen molar-refractivity contribution >= 4 is 28.8 Å². The number of halogens is 3. The molecule has 0 spiro atoms. The molecule has 2 aromatic heterocycles. The Morgan fingerprint density at radius 3 is 2.59 bits per heavy atom. The number of hydrogen-bond acceptors (Lipinski definition) is 5. The number of aromatic nitrogens is 1. The first-order valence-corrected chi connectivity index (χ1v) is 11.6. The van der Waals surface area contributed by atoms with Gasteiger partial charge in [0.05, 0.1) is 5.56 Å². The van der Waals surface area contributed by atoms with Gasteiger partial charge in [0, 0.05) is 43.1 Å². The molecule has 1 aliphatic heterocycles. The summed E-state index contributed by atoms with van der Waals surface area (Å²) in [6.07, 6.45) is -3.40. The average Bonchev–Trinajstić information content (AvgIpc) is 3.36. The van der Waals surface area contributed by atoms with Crippen LogP contribution in [0.15, 0.2) is 53.2 Å². The van der Waals surface area contributed by atoms with E-state index in [0.29, 0.717) is 42.9 Å². The van der Waals surface area contributed by atoms with Crippen LogP contribution in [0.1, 0.15) is 44.9 Å². The molecule has 0 atom stereocenters. The van der Waals surface area contributed by atoms with Gasteiger partial charge in [0.1, 0.15) is 23.2 Å². The van der Waals surface area contributed by atoms with Crippen molar-refractivity contribution in [2.75, 3.05) is 18.4 Å². The number of carbonyl (C=O) groups is 2. The molecule has 0 radical (unpaired) electrons. The first kappa shape index (κ1) is 23.7. The van der Waals surface area contributed by atoms with E-state index in [1.807, 2.05) is 28.7 Å². The molecule has 3 aromatic rings. The van der Waals surface area contributed by atoms with Crippen LogP contribution in [0.4, 0.5) is 18.9 Å². The number of rotatable bonds is 5. The first-order valence-electron chi connectivity index (χ1n) is 10.6. The summed E-state index contributed by atoms with van der Waals surface area (Å²) in [5, 5.41) is 6.29. The Bertz CT molecular complexity index is 1170. The zero-order chi connectivity index (χ0) is 24.3. The minimum Gasteiger partial charge on any atom is -0.490 e. The minimum absolute atomic E-state index is 0.0174. The summed E-state index contributed by atoms with van der Waals surface area (Å²) in [4.78, 5) is 30.2. The SMILES string of the molecule is Cc1ccc(NC(=O)c2cccc(C(F)(F)F)n2)cc1OC1CCN(C(=O)c2ccsc2)CC1. The molecule has 1 aromatic carbocycles. The summed E-state index contributed by atoms with van der Waals surface area (Å²) in [5.41, 5.74) is 0.471. The number of hydrogen-bond donors (Lipinski definition) is 1. The second-order valence-electron chi connectivity index (χ2n) is 7.96. The molecule has 0 bridgehead atoms. The molecule has 6 nitrogen and oxygen atoms in total. The van der Waals surface area contributed by atoms with Crippen molar-refractivity contribution in [1.82, 2.24) is 9.88 Å². The summed E-state index contributed by atoms with van der Waals surface area (Å²) in [6.45, 7) is 3.02. The van der Waals surface area contributed by atoms with Crippen molar-refractivity contribution in [3.63, 3.8) is 0 Å². The molecule has 10 heteroatoms. The Hall–Kier alpha value is -3.40. The molecule has 0 unspecified atom stereocenters. The standard InChI is InChI=1S/C24H22F3N3O3S/c1-15-5-6-17(28-22(31)19-3-2-4-21(29-19)24(25,26)27)13-20(15)33-18-7-10-30(11-8-18)23(32)16-9-12-34-14-16/h2-6,9,12-14,18H,7-8,10-11H2,1H3,(H,28,31). The minimum atomic E-state index is -4.63. The summed E-state index contributed by atoms with van der Waals surface area (Å²) >= 11 is 1.49. The van der Waals surface area contributed by atoms with Gasteiger partial charge in [-0.15, -0.1) is 0 Å². The van der Waals surface area contributed by atoms with E-state index in [-0.39, 0.29) is 17.7 Å². The van der Waals surface area contributed by atoms with E-state index in [2.05, 4.69) is 10.3 Å². The highest BCUT2D eigenvalue weighted by molar-refractivity contribution is 7.08. The molecule has 1 aliphatic rings. The first-order chi connectivity index (χ1) is 16.2. The van der Waals surface area contributed by atoms with Crippen LogP contribution in [0.2, 0.25) is 0 Å². The van der Waals surface area contributed by atoms with Crippen LogP contribution >= 0.6 is 11.3 Å². The van der Waals surface area contributed by atoms with Crippen LogP contribution < -0.4 is 10.1 Å². The van der Waals surface area contributed by atoms with Gasteiger partial charge < -0.3 is 15.0 Å². The van der Waals surface area contributed by atoms with Gasteiger partial charge in [-0.3, -0.25) is 9.59 Å². The molecule has 4 rings (SSSR count). The fourth-order valence-corrected chi connectivity index (χ4v) is 4.27. The van der Waals surface area contributed by atoms with Crippen LogP contribution in [-0.4, -0.2) is 40.9 Å². The van der Waals surface area contributed by atoms with Gasteiger partial charge in [-0.25, -0.2) is 4.98 Å². The second kappa shape index (κ2) is 9.84. The van der Waals surface area contributed by atoms with Crippen molar-refractivity contribution in [2.45, 2.75) is 32.0 Å². The molecule has 0 aliphatic carbocycles. The topological polar surface area (TPSA) is 71.5 Å². The largest absolute Gasteiger partial charge is 0.490 e. The maximum absolute atomic E-state index is 12.9. The normalized spacial score (nSPS) is 14.6. The number of nitrogens with zero attached hydrogens (tertiary/aromatic N) is 2. The average molecular weight is 490 g/mol. The van der Waals surface area contributed by atoms with Crippen molar-refractivity contribution < 1.29 is 27.5 Å². The van der Waals surface area contributed by atoms with Gasteiger partial charge >= 0.3 is 6.18 Å². The highest BCUT2D eigenvalue weighted by Gasteiger charge is 2.33. The van der Waals surface area contributed by atoms with Gasteiger partial charge in [0.2, 0.25) is 0 Å². The lowest BCUT2D eigenvalue weighted by Crippen LogP contribution is -2.41. The van der Waals surface area contributed by atoms with Crippen molar-refractivity contribution in [1.29, 1.82) is 0 Å². The molecule has 2 amide bonds. The van der Waals surface area contributed by atoms with Crippen LogP contribution in [-0.2, 0) is 6.18 Å². The lowest BCUT2D eigenvalue weighted by molar-refractivity contribution is -0.141. The molecular weight excluding hydrogens is 467 g/mol. The number of piperidine rings is 1. The number of nitrogens with one attached hydrogen (secondary N) is 1. The van der Waals surface area contributed by atoms with Crippen LogP contribution in [0, 0.1) is 6.92 Å². The maximum atomic E-state index is 12.9. The molecular formula is C24H22F3N3O3S. The number of ether oxygens (including phenoxy) is 1. The Morgan fingerprint density at radius 2 is 1.91 bits per heavy atom. The third-order valence-corrected chi connectivity index (χ3v) is 6.19. The smallest absolute Gasteiger partial charge is 0.433 e. The predicted octanol–water partition coefficient (Wildman–Crippen LogP) is 5.41. The number of pyridine rings is 1. The number of alkyl halides is 3. The zero-order valence-corrected chi connectivity index (χ0v) is 19.1. The Labute approximate surface area is 198 Å². The number of likely N-dealkylation sites (tertiary alicyclic amines) is 1. The number of anilines is 1. The van der Waals surface area contributed by atoms with Crippen molar-refractivity contribution in [3.05, 3.63) is 75.7 Å². The highest BCUT2D eigenvalue weighted by Crippen LogP contribution is 2.29. The van der Waals surface area contributed by atoms with E-state index in [1.165, 1.54) is 17.4 Å². The van der Waals surface area contributed by atoms with E-state index in [1.54, 1.807) is 18.2 Å². The van der Waals surface area contributed by atoms with Crippen molar-refractivity contribution in [3.8, 4) is 5.75 Å². The molecule has 1 fully saturated rings. The Morgan fingerprint density at radius 1 is 1.15 bits per heavy atom. The number of aryl methyl sites for hydroxylation is 1. The summed E-state index contributed by atoms with van der Waals surface area (Å²) in [6, 6.07) is 10.0. The molecule has 3 heterocycles. The van der Waals surface area contributed by atoms with Crippen molar-refractivity contribution in [2.24, 2.45) is 0 Å². The molecule has 0 saturated carbocycles. The van der Waals surface area contributed by atoms with E-state index in [4.69, 9.17) is 4.74 Å². The zero-order valence-electron chi connectivity index (χ0n) is 18.3. The summed E-state index contributed by atoms with van der Waals surface area (Å²) in [5.74, 6) is -0.164. The Balaban J connectivity index is 1.38. The van der Waals surface area contributed by atoms with Crippen LogP contribution in [0.5, 0.6) is 5.75 Å². The molecule has 34 heavy (non-hydrogen) atoms. The summed E-state index contributed by atoms with van der Waals surface area (Å²) in [7, 11) is 0. The lowest BCUT2D eigenvalue weighted by atomic mass is 10.1. The van der Waals surface area contributed by atoms with E-state index < -0.39 is 17.8 Å². The molecule has 178 valence electrons. The van der Waals surface area contributed by atoms with E-state index >= 15 is 0 Å². The fourth-order valence-electron chi connectivity index (χ4n) is 3.64. The number of amides is 2. The Kier molecular flexibility index (Phi) is 6.87. The molecule has 1 N–H and O–H groups in total. The van der Waals surface area contributed by atoms with Gasteiger partial charge in [0.15, 0.2) is 0 Å². The quantitative estimate of drug-likeness (QED) is 0.521. The van der Waals surface area contributed by atoms with Crippen LogP contribution in [0.3, 0.4) is 0 Å².